The second-order valence-corrected chi connectivity index (χ2v) is 33.0. The largest absolute Gasteiger partial charge is 0.497 e. The van der Waals surface area contributed by atoms with Crippen molar-refractivity contribution in [2.24, 2.45) is 44.3 Å². The average Bonchev–Trinajstić information content (AvgIpc) is 0.826. The zero-order valence-corrected chi connectivity index (χ0v) is 70.9. The monoisotopic (exact) mass is 1890 g/mol. The maximum Gasteiger partial charge on any atom is 0.120 e. The molecule has 15 heteroatoms. The molecule has 12 nitrogen and oxygen atoms in total. The number of aliphatic hydroxyl groups excluding tert-OH is 6. The Morgan fingerprint density at radius 1 is 0.367 bits per heavy atom. The van der Waals surface area contributed by atoms with Crippen molar-refractivity contribution in [1.82, 2.24) is 15.0 Å². The molecule has 0 bridgehead atoms. The van der Waals surface area contributed by atoms with Gasteiger partial charge in [-0.3, -0.25) is 18.2 Å². The number of aromatic nitrogens is 3. The van der Waals surface area contributed by atoms with Crippen LogP contribution in [0.2, 0.25) is 0 Å². The summed E-state index contributed by atoms with van der Waals surface area (Å²) in [5.41, 5.74) is 9.13. The molecule has 0 amide bonds. The molecule has 6 N–H and O–H groups in total. The molecule has 3 aliphatic rings. The summed E-state index contributed by atoms with van der Waals surface area (Å²) >= 11 is 0. The summed E-state index contributed by atoms with van der Waals surface area (Å²) in [5.74, 6) is 3.68. The number of fused-ring (bicyclic) bond motifs is 3. The van der Waals surface area contributed by atoms with Gasteiger partial charge in [0.05, 0.1) is 74.5 Å². The van der Waals surface area contributed by atoms with Crippen LogP contribution in [-0.2, 0) is 60.3 Å². The predicted molar refractivity (Wildman–Crippen MR) is 396 cm³/mol. The Kier molecular flexibility index (Phi) is 39.1. The zero-order valence-electron chi connectivity index (χ0n) is 63.7. The summed E-state index contributed by atoms with van der Waals surface area (Å²) in [6.07, 6.45) is 21.1. The van der Waals surface area contributed by atoms with Crippen LogP contribution in [0.15, 0.2) is 91.0 Å². The number of hydrogen-bond acceptors (Lipinski definition) is 12. The molecule has 3 aromatic heterocycles. The van der Waals surface area contributed by atoms with Gasteiger partial charge in [-0.15, -0.1) is 36.5 Å². The van der Waals surface area contributed by atoms with E-state index >= 15 is 0 Å². The van der Waals surface area contributed by atoms with Gasteiger partial charge in [-0.1, -0.05) is 232 Å². The van der Waals surface area contributed by atoms with Crippen LogP contribution in [0, 0.1) is 62.6 Å². The third kappa shape index (κ3) is 31.4. The van der Waals surface area contributed by atoms with Crippen LogP contribution in [-0.4, -0.2) is 104 Å². The average molecular weight is 1880 g/mol. The van der Waals surface area contributed by atoms with E-state index in [1.165, 1.54) is 55.2 Å². The van der Waals surface area contributed by atoms with E-state index in [1.807, 2.05) is 179 Å². The van der Waals surface area contributed by atoms with Crippen molar-refractivity contribution < 1.29 is 105 Å². The molecule has 0 saturated carbocycles. The molecule has 98 heavy (non-hydrogen) atoms. The zero-order chi connectivity index (χ0) is 71.4. The van der Waals surface area contributed by atoms with E-state index < -0.39 is 36.6 Å². The Labute approximate surface area is 632 Å². The molecular formula is C83H124Ir3N3O9-3. The van der Waals surface area contributed by atoms with Crippen molar-refractivity contribution in [3.8, 4) is 17.2 Å². The fourth-order valence-electron chi connectivity index (χ4n) is 10.4. The molecule has 3 aromatic carbocycles. The van der Waals surface area contributed by atoms with Gasteiger partial charge < -0.3 is 59.8 Å². The van der Waals surface area contributed by atoms with Crippen molar-refractivity contribution in [3.05, 3.63) is 126 Å². The smallest absolute Gasteiger partial charge is 0.120 e. The van der Waals surface area contributed by atoms with Crippen molar-refractivity contribution in [3.63, 3.8) is 0 Å². The van der Waals surface area contributed by atoms with Crippen LogP contribution in [0.3, 0.4) is 0 Å². The molecule has 0 spiro atoms. The van der Waals surface area contributed by atoms with Gasteiger partial charge in [-0.25, -0.2) is 0 Å². The minimum Gasteiger partial charge on any atom is -0.497 e. The third-order valence-electron chi connectivity index (χ3n) is 18.1. The van der Waals surface area contributed by atoms with Crippen LogP contribution < -0.4 is 14.2 Å². The molecule has 0 fully saturated rings. The number of rotatable bonds is 12. The Hall–Kier alpha value is -3.78. The number of nitrogens with zero attached hydrogens (tertiary/aromatic N) is 3. The van der Waals surface area contributed by atoms with Crippen LogP contribution in [0.5, 0.6) is 17.2 Å². The number of pyridine rings is 3. The van der Waals surface area contributed by atoms with Gasteiger partial charge in [0.2, 0.25) is 0 Å². The molecule has 3 radical (unpaired) electrons. The minimum absolute atomic E-state index is 0. The Morgan fingerprint density at radius 3 is 0.959 bits per heavy atom. The maximum absolute atomic E-state index is 9.76. The first-order valence-corrected chi connectivity index (χ1v) is 34.8. The summed E-state index contributed by atoms with van der Waals surface area (Å²) in [5, 5.41) is 62.0. The number of ether oxygens (including phenoxy) is 3. The SMILES string of the molecule is CC(C)(C)C(O)CC(O)C(C)(C)C.CC(C)(C)C(O)CC(O)C(C)(C)C.CC(C)(C)C(O)CC(O)C(C)(C)C.COc1ccc2ccc(C3=[C-]C(C)CCC3)nc2c1.COc1ccc2ccc(C3=[C-]CCCC3)nc2c1.COc1ccc2nc(C3=[C-]C(C)CCC3)ccc2c1.[Ir].[Ir].[Ir]. The van der Waals surface area contributed by atoms with Gasteiger partial charge in [0, 0.05) is 97.1 Å². The van der Waals surface area contributed by atoms with E-state index in [2.05, 4.69) is 68.5 Å². The van der Waals surface area contributed by atoms with Gasteiger partial charge >= 0.3 is 0 Å². The first-order valence-electron chi connectivity index (χ1n) is 34.8. The first-order chi connectivity index (χ1) is 44.0. The second kappa shape index (κ2) is 41.5. The summed E-state index contributed by atoms with van der Waals surface area (Å²) in [4.78, 5) is 14.2. The van der Waals surface area contributed by atoms with Crippen LogP contribution in [0.1, 0.15) is 239 Å². The number of hydrogen-bond donors (Lipinski definition) is 6. The van der Waals surface area contributed by atoms with E-state index in [9.17, 15) is 30.6 Å². The molecule has 6 aromatic rings. The van der Waals surface area contributed by atoms with Crippen molar-refractivity contribution >= 4 is 49.4 Å². The fourth-order valence-corrected chi connectivity index (χ4v) is 10.4. The molecule has 555 valence electrons. The van der Waals surface area contributed by atoms with E-state index in [4.69, 9.17) is 29.2 Å². The van der Waals surface area contributed by atoms with Crippen LogP contribution in [0.4, 0.5) is 0 Å². The summed E-state index contributed by atoms with van der Waals surface area (Å²) in [6.45, 7) is 40.1. The van der Waals surface area contributed by atoms with Gasteiger partial charge in [0.1, 0.15) is 17.2 Å². The number of aliphatic hydroxyl groups is 6. The number of methoxy groups -OCH3 is 3. The predicted octanol–water partition coefficient (Wildman–Crippen LogP) is 19.1. The Morgan fingerprint density at radius 2 is 0.653 bits per heavy atom. The quantitative estimate of drug-likeness (QED) is 0.0638. The molecule has 8 atom stereocenters. The maximum atomic E-state index is 9.76. The van der Waals surface area contributed by atoms with Gasteiger partial charge in [-0.2, -0.15) is 16.7 Å². The van der Waals surface area contributed by atoms with E-state index in [1.54, 1.807) is 21.3 Å². The molecule has 3 heterocycles. The van der Waals surface area contributed by atoms with Crippen LogP contribution >= 0.6 is 0 Å². The number of benzene rings is 3. The van der Waals surface area contributed by atoms with Crippen molar-refractivity contribution in [2.75, 3.05) is 21.3 Å². The molecule has 8 unspecified atom stereocenters. The normalized spacial score (nSPS) is 17.7. The summed E-state index contributed by atoms with van der Waals surface area (Å²) in [6, 6.07) is 30.7. The Bertz CT molecular complexity index is 3270. The minimum atomic E-state index is -0.443. The standard InChI is InChI=1S/2C17H18NO.C16H16NO.3C11H24O2.3Ir/c1-12-4-3-5-14(10-12)16-9-7-13-6-8-15(19-2)11-17(13)18-16;1-12-4-3-5-13(10-12)16-8-6-14-11-15(19-2)7-9-17(14)18-16;1-18-14-9-7-13-8-10-15(17-16(13)11-14)12-5-3-2-4-6-12;3*1-10(2,3)8(12)7-9(13)11(4,5)6;;;/h2*6-9,11-12H,3-5H2,1-2H3;7-11H,2-5H2,1H3;3*8-9,12-13H,7H2,1-6H3;;;/q3*-1;;;;;;. The third-order valence-corrected chi connectivity index (χ3v) is 18.1. The van der Waals surface area contributed by atoms with Crippen LogP contribution in [0.25, 0.3) is 49.4 Å². The summed E-state index contributed by atoms with van der Waals surface area (Å²) in [7, 11) is 5.05. The second-order valence-electron chi connectivity index (χ2n) is 33.0. The molecule has 3 aliphatic carbocycles. The molecular weight excluding hydrogens is 1760 g/mol. The topological polar surface area (TPSA) is 188 Å². The Balaban J connectivity index is 0.000000591. The molecule has 0 aliphatic heterocycles. The van der Waals surface area contributed by atoms with E-state index in [-0.39, 0.29) is 92.8 Å². The van der Waals surface area contributed by atoms with E-state index in [0.717, 1.165) is 92.7 Å². The molecule has 0 saturated heterocycles. The van der Waals surface area contributed by atoms with Gasteiger partial charge in [0.25, 0.3) is 0 Å². The molecule has 9 rings (SSSR count). The fraction of sp³-hybridized carbons (Fsp3) is 0.602. The summed E-state index contributed by atoms with van der Waals surface area (Å²) < 4.78 is 15.7. The number of allylic oxidation sites excluding steroid dienone is 6. The van der Waals surface area contributed by atoms with Crippen molar-refractivity contribution in [2.45, 2.75) is 259 Å². The first kappa shape index (κ1) is 92.2. The van der Waals surface area contributed by atoms with Gasteiger partial charge in [0.15, 0.2) is 0 Å². The van der Waals surface area contributed by atoms with Crippen molar-refractivity contribution in [1.29, 1.82) is 0 Å². The van der Waals surface area contributed by atoms with Gasteiger partial charge in [-0.05, 0) is 85.7 Å². The van der Waals surface area contributed by atoms with E-state index in [0.29, 0.717) is 31.1 Å².